The molecule has 1 saturated heterocycles. The molecular weight excluding hydrogens is 278 g/mol. The van der Waals surface area contributed by atoms with Crippen molar-refractivity contribution in [3.8, 4) is 6.07 Å². The Morgan fingerprint density at radius 1 is 1.35 bits per heavy atom. The Morgan fingerprint density at radius 2 is 2.00 bits per heavy atom. The van der Waals surface area contributed by atoms with Gasteiger partial charge in [0.2, 0.25) is 0 Å². The number of rotatable bonds is 4. The zero-order valence-corrected chi connectivity index (χ0v) is 11.8. The summed E-state index contributed by atoms with van der Waals surface area (Å²) in [6.45, 7) is 1.92. The van der Waals surface area contributed by atoms with Gasteiger partial charge in [-0.05, 0) is 31.0 Å². The number of nitrogens with zero attached hydrogens (tertiary/aromatic N) is 2. The van der Waals surface area contributed by atoms with Crippen molar-refractivity contribution in [3.05, 3.63) is 34.9 Å². The summed E-state index contributed by atoms with van der Waals surface area (Å²) in [4.78, 5) is 25.5. The molecule has 1 unspecified atom stereocenters. The second-order valence-corrected chi connectivity index (χ2v) is 5.22. The van der Waals surface area contributed by atoms with Gasteiger partial charge in [-0.2, -0.15) is 5.26 Å². The maximum Gasteiger partial charge on any atom is 0.325 e. The van der Waals surface area contributed by atoms with Gasteiger partial charge in [0, 0.05) is 18.0 Å². The van der Waals surface area contributed by atoms with Crippen LogP contribution < -0.4 is 5.32 Å². The van der Waals surface area contributed by atoms with Crippen LogP contribution in [0.25, 0.3) is 0 Å². The van der Waals surface area contributed by atoms with Crippen LogP contribution in [0, 0.1) is 11.3 Å². The van der Waals surface area contributed by atoms with E-state index in [0.29, 0.717) is 23.4 Å². The first-order valence-corrected chi connectivity index (χ1v) is 6.64. The molecule has 2 rings (SSSR count). The van der Waals surface area contributed by atoms with E-state index in [1.165, 1.54) is 0 Å². The average Bonchev–Trinajstić information content (AvgIpc) is 2.64. The number of urea groups is 1. The predicted molar refractivity (Wildman–Crippen MR) is 73.9 cm³/mol. The molecule has 0 bridgehead atoms. The van der Waals surface area contributed by atoms with Crippen molar-refractivity contribution in [2.24, 2.45) is 0 Å². The normalized spacial score (nSPS) is 21.8. The van der Waals surface area contributed by atoms with Crippen LogP contribution in [0.1, 0.15) is 25.3 Å². The van der Waals surface area contributed by atoms with Gasteiger partial charge < -0.3 is 5.32 Å². The van der Waals surface area contributed by atoms with E-state index in [2.05, 4.69) is 5.32 Å². The van der Waals surface area contributed by atoms with Crippen LogP contribution in [0.3, 0.4) is 0 Å². The Morgan fingerprint density at radius 3 is 2.60 bits per heavy atom. The fourth-order valence-electron chi connectivity index (χ4n) is 2.20. The fraction of sp³-hybridized carbons (Fsp3) is 0.357. The molecule has 1 aromatic carbocycles. The van der Waals surface area contributed by atoms with Crippen LogP contribution in [-0.4, -0.2) is 23.4 Å². The molecule has 104 valence electrons. The number of nitrogens with one attached hydrogen (secondary N) is 1. The van der Waals surface area contributed by atoms with Crippen molar-refractivity contribution in [1.29, 1.82) is 5.26 Å². The van der Waals surface area contributed by atoms with Crippen LogP contribution in [0.15, 0.2) is 24.3 Å². The van der Waals surface area contributed by atoms with Crippen molar-refractivity contribution >= 4 is 23.5 Å². The Hall–Kier alpha value is -2.06. The van der Waals surface area contributed by atoms with E-state index in [0.717, 1.165) is 4.90 Å². The van der Waals surface area contributed by atoms with Crippen LogP contribution in [0.5, 0.6) is 0 Å². The van der Waals surface area contributed by atoms with Gasteiger partial charge in [-0.15, -0.1) is 0 Å². The van der Waals surface area contributed by atoms with E-state index in [1.807, 2.05) is 6.07 Å². The summed E-state index contributed by atoms with van der Waals surface area (Å²) in [7, 11) is 0. The third-order valence-corrected chi connectivity index (χ3v) is 3.62. The number of amides is 3. The minimum absolute atomic E-state index is 0.251. The highest BCUT2D eigenvalue weighted by atomic mass is 35.5. The number of unbranched alkanes of at least 4 members (excludes halogenated alkanes) is 1. The first-order valence-electron chi connectivity index (χ1n) is 6.26. The van der Waals surface area contributed by atoms with Crippen LogP contribution >= 0.6 is 11.6 Å². The molecule has 0 saturated carbocycles. The lowest BCUT2D eigenvalue weighted by Crippen LogP contribution is -2.40. The average molecular weight is 292 g/mol. The van der Waals surface area contributed by atoms with Gasteiger partial charge in [-0.25, -0.2) is 4.79 Å². The van der Waals surface area contributed by atoms with Gasteiger partial charge in [0.05, 0.1) is 6.07 Å². The molecule has 1 aliphatic heterocycles. The minimum Gasteiger partial charge on any atom is -0.319 e. The van der Waals surface area contributed by atoms with E-state index >= 15 is 0 Å². The lowest BCUT2D eigenvalue weighted by molar-refractivity contribution is -0.131. The second kappa shape index (κ2) is 5.51. The van der Waals surface area contributed by atoms with Gasteiger partial charge in [0.1, 0.15) is 5.54 Å². The largest absolute Gasteiger partial charge is 0.325 e. The Kier molecular flexibility index (Phi) is 3.96. The first-order chi connectivity index (χ1) is 9.49. The molecule has 0 radical (unpaired) electrons. The highest BCUT2D eigenvalue weighted by molar-refractivity contribution is 6.30. The third kappa shape index (κ3) is 2.47. The molecule has 1 heterocycles. The quantitative estimate of drug-likeness (QED) is 0.684. The number of nitriles is 1. The predicted octanol–water partition coefficient (Wildman–Crippen LogP) is 2.41. The summed E-state index contributed by atoms with van der Waals surface area (Å²) in [5, 5.41) is 11.8. The van der Waals surface area contributed by atoms with Crippen molar-refractivity contribution in [1.82, 2.24) is 10.2 Å². The Labute approximate surface area is 122 Å². The molecule has 3 amide bonds. The Bertz CT molecular complexity index is 579. The van der Waals surface area contributed by atoms with Crippen LogP contribution in [0.4, 0.5) is 4.79 Å². The van der Waals surface area contributed by atoms with Crippen LogP contribution in [0.2, 0.25) is 5.02 Å². The van der Waals surface area contributed by atoms with Crippen molar-refractivity contribution in [2.75, 3.05) is 6.54 Å². The lowest BCUT2D eigenvalue weighted by Gasteiger charge is -2.22. The van der Waals surface area contributed by atoms with Gasteiger partial charge in [0.25, 0.3) is 5.91 Å². The van der Waals surface area contributed by atoms with E-state index in [9.17, 15) is 9.59 Å². The molecule has 1 aromatic rings. The molecule has 6 heteroatoms. The smallest absolute Gasteiger partial charge is 0.319 e. The molecule has 1 fully saturated rings. The van der Waals surface area contributed by atoms with Gasteiger partial charge in [-0.1, -0.05) is 23.7 Å². The van der Waals surface area contributed by atoms with E-state index in [4.69, 9.17) is 16.9 Å². The van der Waals surface area contributed by atoms with E-state index in [-0.39, 0.29) is 12.5 Å². The SMILES string of the molecule is CC1(c2ccc(Cl)cc2)NC(=O)N(CCCC#N)C1=O. The standard InChI is InChI=1S/C14H14ClN3O2/c1-14(10-4-6-11(15)7-5-10)12(19)18(13(20)17-14)9-3-2-8-16/h4-7H,2-3,9H2,1H3,(H,17,20). The van der Waals surface area contributed by atoms with Crippen molar-refractivity contribution in [3.63, 3.8) is 0 Å². The molecular formula is C14H14ClN3O2. The topological polar surface area (TPSA) is 73.2 Å². The number of carbonyl (C=O) groups excluding carboxylic acids is 2. The summed E-state index contributed by atoms with van der Waals surface area (Å²) in [6.07, 6.45) is 0.793. The molecule has 1 atom stereocenters. The monoisotopic (exact) mass is 291 g/mol. The number of benzene rings is 1. The molecule has 0 aliphatic carbocycles. The zero-order valence-electron chi connectivity index (χ0n) is 11.0. The fourth-order valence-corrected chi connectivity index (χ4v) is 2.32. The third-order valence-electron chi connectivity index (χ3n) is 3.37. The summed E-state index contributed by atoms with van der Waals surface area (Å²) in [6, 6.07) is 8.37. The molecule has 5 nitrogen and oxygen atoms in total. The first kappa shape index (κ1) is 14.4. The summed E-state index contributed by atoms with van der Waals surface area (Å²) in [5.74, 6) is -0.303. The zero-order chi connectivity index (χ0) is 14.8. The van der Waals surface area contributed by atoms with Crippen molar-refractivity contribution < 1.29 is 9.59 Å². The van der Waals surface area contributed by atoms with E-state index in [1.54, 1.807) is 31.2 Å². The summed E-state index contributed by atoms with van der Waals surface area (Å²) < 4.78 is 0. The highest BCUT2D eigenvalue weighted by Crippen LogP contribution is 2.29. The molecule has 1 aliphatic rings. The second-order valence-electron chi connectivity index (χ2n) is 4.78. The maximum atomic E-state index is 12.4. The molecule has 1 N–H and O–H groups in total. The van der Waals surface area contributed by atoms with Gasteiger partial charge in [0.15, 0.2) is 0 Å². The maximum absolute atomic E-state index is 12.4. The lowest BCUT2D eigenvalue weighted by atomic mass is 9.92. The summed E-state index contributed by atoms with van der Waals surface area (Å²) in [5.41, 5.74) is -0.392. The molecule has 20 heavy (non-hydrogen) atoms. The van der Waals surface area contributed by atoms with Crippen LogP contribution in [-0.2, 0) is 10.3 Å². The minimum atomic E-state index is -1.08. The van der Waals surface area contributed by atoms with Gasteiger partial charge >= 0.3 is 6.03 Å². The number of imide groups is 1. The van der Waals surface area contributed by atoms with Gasteiger partial charge in [-0.3, -0.25) is 9.69 Å². The van der Waals surface area contributed by atoms with Crippen molar-refractivity contribution in [2.45, 2.75) is 25.3 Å². The number of halogens is 1. The highest BCUT2D eigenvalue weighted by Gasteiger charge is 2.48. The number of hydrogen-bond acceptors (Lipinski definition) is 3. The molecule has 0 aromatic heterocycles. The van der Waals surface area contributed by atoms with E-state index < -0.39 is 11.6 Å². The number of carbonyl (C=O) groups is 2. The Balaban J connectivity index is 2.21. The number of hydrogen-bond donors (Lipinski definition) is 1. The molecule has 0 spiro atoms. The summed E-state index contributed by atoms with van der Waals surface area (Å²) >= 11 is 5.83.